The van der Waals surface area contributed by atoms with Crippen LogP contribution in [0.4, 0.5) is 4.39 Å². The van der Waals surface area contributed by atoms with Crippen molar-refractivity contribution in [3.63, 3.8) is 0 Å². The van der Waals surface area contributed by atoms with Gasteiger partial charge in [0, 0.05) is 0 Å². The highest BCUT2D eigenvalue weighted by molar-refractivity contribution is 5.93. The molecule has 248 valence electrons. The maximum atomic E-state index is 14.7. The van der Waals surface area contributed by atoms with Crippen LogP contribution >= 0.6 is 0 Å². The normalized spacial score (nSPS) is 11.5. The zero-order valence-corrected chi connectivity index (χ0v) is 27.4. The lowest BCUT2D eigenvalue weighted by Gasteiger charge is -2.13. The quantitative estimate of drug-likeness (QED) is 0.0694. The molecule has 0 radical (unpaired) electrons. The Bertz CT molecular complexity index is 1370. The molecule has 8 heteroatoms. The van der Waals surface area contributed by atoms with E-state index < -0.39 is 23.7 Å². The molecule has 7 nitrogen and oxygen atoms in total. The third kappa shape index (κ3) is 12.7. The van der Waals surface area contributed by atoms with Crippen molar-refractivity contribution in [3.05, 3.63) is 89.2 Å². The van der Waals surface area contributed by atoms with Gasteiger partial charge in [0.05, 0.1) is 29.4 Å². The summed E-state index contributed by atoms with van der Waals surface area (Å²) in [6.45, 7) is 6.79. The van der Waals surface area contributed by atoms with Crippen molar-refractivity contribution < 1.29 is 37.7 Å². The van der Waals surface area contributed by atoms with Crippen molar-refractivity contribution in [1.82, 2.24) is 0 Å². The molecule has 0 saturated heterocycles. The molecule has 0 aliphatic heterocycles. The van der Waals surface area contributed by atoms with E-state index in [2.05, 4.69) is 13.8 Å². The fourth-order valence-electron chi connectivity index (χ4n) is 4.80. The third-order valence-electron chi connectivity index (χ3n) is 7.55. The van der Waals surface area contributed by atoms with E-state index in [0.717, 1.165) is 51.0 Å². The summed E-state index contributed by atoms with van der Waals surface area (Å²) in [7, 11) is 0. The zero-order chi connectivity index (χ0) is 33.1. The van der Waals surface area contributed by atoms with E-state index in [1.165, 1.54) is 68.5 Å². The number of carbonyl (C=O) groups excluding carboxylic acids is 3. The molecule has 3 aromatic carbocycles. The second kappa shape index (κ2) is 20.0. The summed E-state index contributed by atoms with van der Waals surface area (Å²) in [6.07, 6.45) is 13.2. The Morgan fingerprint density at radius 1 is 0.609 bits per heavy atom. The fourth-order valence-corrected chi connectivity index (χ4v) is 4.80. The second-order valence-electron chi connectivity index (χ2n) is 11.5. The van der Waals surface area contributed by atoms with E-state index in [9.17, 15) is 18.8 Å². The molecule has 46 heavy (non-hydrogen) atoms. The van der Waals surface area contributed by atoms with Gasteiger partial charge >= 0.3 is 17.9 Å². The number of halogens is 1. The van der Waals surface area contributed by atoms with Crippen molar-refractivity contribution in [2.75, 3.05) is 6.61 Å². The lowest BCUT2D eigenvalue weighted by atomic mass is 10.1. The largest absolute Gasteiger partial charge is 0.494 e. The summed E-state index contributed by atoms with van der Waals surface area (Å²) in [5.74, 6) is -2.25. The molecule has 0 aliphatic rings. The minimum atomic E-state index is -0.863. The van der Waals surface area contributed by atoms with E-state index >= 15 is 0 Å². The van der Waals surface area contributed by atoms with Crippen LogP contribution in [0.15, 0.2) is 66.7 Å². The van der Waals surface area contributed by atoms with E-state index in [0.29, 0.717) is 17.9 Å². The van der Waals surface area contributed by atoms with Gasteiger partial charge in [-0.15, -0.1) is 0 Å². The number of unbranched alkanes of at least 4 members (excludes halogenated alkanes) is 9. The van der Waals surface area contributed by atoms with Crippen LogP contribution in [0.1, 0.15) is 129 Å². The van der Waals surface area contributed by atoms with Crippen LogP contribution in [-0.4, -0.2) is 30.6 Å². The average Bonchev–Trinajstić information content (AvgIpc) is 3.05. The molecule has 0 saturated carbocycles. The molecule has 0 amide bonds. The van der Waals surface area contributed by atoms with Crippen LogP contribution in [0.5, 0.6) is 17.2 Å². The Labute approximate surface area is 272 Å². The summed E-state index contributed by atoms with van der Waals surface area (Å²) in [6, 6.07) is 16.1. The van der Waals surface area contributed by atoms with Gasteiger partial charge in [-0.2, -0.15) is 0 Å². The summed E-state index contributed by atoms with van der Waals surface area (Å²) < 4.78 is 36.5. The Balaban J connectivity index is 1.44. The number of ether oxygens (including phenoxy) is 4. The van der Waals surface area contributed by atoms with E-state index in [4.69, 9.17) is 18.9 Å². The molecule has 3 aromatic rings. The number of benzene rings is 3. The van der Waals surface area contributed by atoms with Gasteiger partial charge in [0.15, 0.2) is 11.6 Å². The van der Waals surface area contributed by atoms with Gasteiger partial charge < -0.3 is 18.9 Å². The maximum Gasteiger partial charge on any atom is 0.343 e. The zero-order valence-electron chi connectivity index (χ0n) is 27.4. The molecule has 0 fully saturated rings. The van der Waals surface area contributed by atoms with E-state index in [-0.39, 0.29) is 28.7 Å². The lowest BCUT2D eigenvalue weighted by Crippen LogP contribution is -2.15. The summed E-state index contributed by atoms with van der Waals surface area (Å²) in [5, 5.41) is 0. The predicted octanol–water partition coefficient (Wildman–Crippen LogP) is 9.91. The van der Waals surface area contributed by atoms with Gasteiger partial charge in [-0.3, -0.25) is 0 Å². The van der Waals surface area contributed by atoms with Crippen molar-refractivity contribution >= 4 is 17.9 Å². The summed E-state index contributed by atoms with van der Waals surface area (Å²) >= 11 is 0. The molecular formula is C38H47FO7. The minimum Gasteiger partial charge on any atom is -0.494 e. The van der Waals surface area contributed by atoms with Crippen LogP contribution < -0.4 is 14.2 Å². The molecule has 0 aromatic heterocycles. The number of carbonyl (C=O) groups is 3. The third-order valence-corrected chi connectivity index (χ3v) is 7.55. The number of esters is 3. The van der Waals surface area contributed by atoms with Gasteiger partial charge in [0.25, 0.3) is 0 Å². The topological polar surface area (TPSA) is 88.1 Å². The average molecular weight is 635 g/mol. The van der Waals surface area contributed by atoms with Crippen molar-refractivity contribution in [2.24, 2.45) is 0 Å². The number of hydrogen-bond donors (Lipinski definition) is 0. The first-order chi connectivity index (χ1) is 22.3. The smallest absolute Gasteiger partial charge is 0.343 e. The molecule has 3 rings (SSSR count). The number of rotatable bonds is 20. The Morgan fingerprint density at radius 3 is 1.74 bits per heavy atom. The van der Waals surface area contributed by atoms with Gasteiger partial charge in [0.1, 0.15) is 11.5 Å². The SMILES string of the molecule is CCCCCCCCCOc1ccc(C(=O)Oc2ccc(C(=O)Oc3ccc(C(=O)OC(C)CCCCCC)cc3F)cc2)cc1. The first-order valence-electron chi connectivity index (χ1n) is 16.6. The van der Waals surface area contributed by atoms with Crippen LogP contribution in [-0.2, 0) is 4.74 Å². The Morgan fingerprint density at radius 2 is 1.13 bits per heavy atom. The Kier molecular flexibility index (Phi) is 15.8. The molecule has 0 heterocycles. The molecule has 1 unspecified atom stereocenters. The van der Waals surface area contributed by atoms with Crippen LogP contribution in [0.25, 0.3) is 0 Å². The van der Waals surface area contributed by atoms with Crippen LogP contribution in [0.2, 0.25) is 0 Å². The fraction of sp³-hybridized carbons (Fsp3) is 0.447. The molecule has 0 aliphatic carbocycles. The van der Waals surface area contributed by atoms with E-state index in [1.54, 1.807) is 24.3 Å². The second-order valence-corrected chi connectivity index (χ2v) is 11.5. The highest BCUT2D eigenvalue weighted by Gasteiger charge is 2.18. The lowest BCUT2D eigenvalue weighted by molar-refractivity contribution is 0.0318. The van der Waals surface area contributed by atoms with Crippen molar-refractivity contribution in [1.29, 1.82) is 0 Å². The molecule has 0 bridgehead atoms. The standard InChI is InChI=1S/C38H47FO7/c1-4-6-8-10-11-12-14-26-43-32-21-16-29(17-22-32)36(40)45-33-23-18-30(19-24-33)37(41)46-35-25-20-31(27-34(35)39)38(42)44-28(3)15-13-9-7-5-2/h16-25,27-28H,4-15,26H2,1-3H3. The highest BCUT2D eigenvalue weighted by Crippen LogP contribution is 2.23. The van der Waals surface area contributed by atoms with Gasteiger partial charge in [-0.05, 0) is 92.9 Å². The molecule has 0 N–H and O–H groups in total. The Hall–Kier alpha value is -4.20. The molecule has 0 spiro atoms. The van der Waals surface area contributed by atoms with Gasteiger partial charge in [0.2, 0.25) is 0 Å². The monoisotopic (exact) mass is 634 g/mol. The van der Waals surface area contributed by atoms with E-state index in [1.807, 2.05) is 6.92 Å². The summed E-state index contributed by atoms with van der Waals surface area (Å²) in [4.78, 5) is 37.7. The highest BCUT2D eigenvalue weighted by atomic mass is 19.1. The van der Waals surface area contributed by atoms with Crippen molar-refractivity contribution in [3.8, 4) is 17.2 Å². The molecular weight excluding hydrogens is 587 g/mol. The van der Waals surface area contributed by atoms with Crippen LogP contribution in [0.3, 0.4) is 0 Å². The van der Waals surface area contributed by atoms with Crippen molar-refractivity contribution in [2.45, 2.75) is 104 Å². The summed E-state index contributed by atoms with van der Waals surface area (Å²) in [5.41, 5.74) is 0.521. The number of hydrogen-bond acceptors (Lipinski definition) is 7. The van der Waals surface area contributed by atoms with Gasteiger partial charge in [-0.1, -0.05) is 71.6 Å². The van der Waals surface area contributed by atoms with Gasteiger partial charge in [-0.25, -0.2) is 18.8 Å². The van der Waals surface area contributed by atoms with Crippen LogP contribution in [0, 0.1) is 5.82 Å². The maximum absolute atomic E-state index is 14.7. The predicted molar refractivity (Wildman–Crippen MR) is 176 cm³/mol. The molecule has 1 atom stereocenters. The minimum absolute atomic E-state index is 0.0366. The first-order valence-corrected chi connectivity index (χ1v) is 16.6. The first kappa shape index (κ1) is 36.3.